The summed E-state index contributed by atoms with van der Waals surface area (Å²) in [4.78, 5) is 0. The fourth-order valence-electron chi connectivity index (χ4n) is 0.596. The van der Waals surface area contributed by atoms with Crippen LogP contribution < -0.4 is 0 Å². The summed E-state index contributed by atoms with van der Waals surface area (Å²) in [7, 11) is -8.86. The van der Waals surface area contributed by atoms with Gasteiger partial charge in [-0.3, -0.25) is 0 Å². The molecule has 0 atom stereocenters. The molecule has 0 saturated carbocycles. The Balaban J connectivity index is -0.0000000916. The number of hydrogen-bond acceptors (Lipinski definition) is 14. The van der Waals surface area contributed by atoms with Gasteiger partial charge in [-0.05, 0) is 6.92 Å². The predicted octanol–water partition coefficient (Wildman–Crippen LogP) is 0.814. The van der Waals surface area contributed by atoms with E-state index in [-0.39, 0.29) is 64.7 Å². The molecule has 19 heteroatoms. The van der Waals surface area contributed by atoms with Gasteiger partial charge in [0, 0.05) is 14.2 Å². The van der Waals surface area contributed by atoms with Crippen molar-refractivity contribution in [2.24, 2.45) is 0 Å². The standard InChI is InChI=1S/C4H10O2.12CN.2Co.3Zn/c1-4(5-2)6-3;12*1-2;;;;;/h4H,1-3H3;;;;;;;;;;;;;;;;;/q;;;;;;;;;;;;;2*-3;3*+2. The second-order valence-electron chi connectivity index (χ2n) is 4.43. The Labute approximate surface area is 237 Å². The van der Waals surface area contributed by atoms with E-state index in [2.05, 4.69) is 9.47 Å². The molecule has 0 saturated heterocycles. The van der Waals surface area contributed by atoms with Crippen LogP contribution in [0.3, 0.4) is 0 Å². The van der Waals surface area contributed by atoms with Gasteiger partial charge in [-0.2, -0.15) is 0 Å². The van der Waals surface area contributed by atoms with Crippen LogP contribution in [-0.4, -0.2) is 20.5 Å². The molecule has 0 heterocycles. The summed E-state index contributed by atoms with van der Waals surface area (Å²) in [5, 5.41) is 115. The first kappa shape index (κ1) is 45.2. The van der Waals surface area contributed by atoms with E-state index in [9.17, 15) is 0 Å². The molecule has 0 rings (SSSR count). The normalized spacial score (nSPS) is 11.7. The summed E-state index contributed by atoms with van der Waals surface area (Å²) in [6, 6.07) is 0. The molecular weight excluding hydrogens is 706 g/mol. The van der Waals surface area contributed by atoms with Gasteiger partial charge in [-0.15, -0.1) is 0 Å². The maximum Gasteiger partial charge on any atom is 2.00 e. The third kappa shape index (κ3) is 6.86. The fraction of sp³-hybridized carbons (Fsp3) is 0.250. The molecule has 35 heavy (non-hydrogen) atoms. The van der Waals surface area contributed by atoms with Crippen molar-refractivity contribution in [2.75, 3.05) is 14.2 Å². The minimum absolute atomic E-state index is 0. The summed E-state index contributed by atoms with van der Waals surface area (Å²) >= 11 is 0. The number of rotatable bonds is 2. The van der Waals surface area contributed by atoms with E-state index in [1.807, 2.05) is 6.92 Å². The number of hydrogen-bond donors (Lipinski definition) is 0. The quantitative estimate of drug-likeness (QED) is 0.282. The van der Waals surface area contributed by atoms with E-state index in [1.54, 1.807) is 14.2 Å². The van der Waals surface area contributed by atoms with Crippen LogP contribution >= 0.6 is 0 Å². The van der Waals surface area contributed by atoms with Crippen molar-refractivity contribution in [3.05, 3.63) is 0 Å². The minimum atomic E-state index is -6.03. The van der Waals surface area contributed by atoms with E-state index in [0.717, 1.165) is 60.0 Å². The third-order valence-electron chi connectivity index (χ3n) is 2.90. The Kier molecular flexibility index (Phi) is 18.3. The molecule has 0 fully saturated rings. The molecule has 170 valence electrons. The largest absolute Gasteiger partial charge is 2.00 e. The SMILES string of the molecule is COC(C)OC.N#[C][Co-3]([C]#N)([C]#N)([C]#N)([C]#N)[C]#N.N#[C][Co-3]([C]#N)([C]#N)([C]#N)([C]#N)[C]#N.[Zn+2].[Zn+2].[Zn+2]. The van der Waals surface area contributed by atoms with E-state index in [4.69, 9.17) is 63.1 Å². The zero-order valence-corrected chi connectivity index (χ0v) is 29.5. The van der Waals surface area contributed by atoms with Gasteiger partial charge in [0.2, 0.25) is 0 Å². The zero-order chi connectivity index (χ0) is 26.3. The molecule has 0 spiro atoms. The Morgan fingerprint density at radius 2 is 0.514 bits per heavy atom. The summed E-state index contributed by atoms with van der Waals surface area (Å²) < 4.78 is 9.35. The predicted molar refractivity (Wildman–Crippen MR) is 90.8 cm³/mol. The minimum Gasteiger partial charge on any atom is 2.00 e. The molecule has 0 aromatic carbocycles. The second kappa shape index (κ2) is 14.2. The summed E-state index contributed by atoms with van der Waals surface area (Å²) in [5.41, 5.74) is 0. The Morgan fingerprint density at radius 3 is 0.514 bits per heavy atom. The van der Waals surface area contributed by atoms with Gasteiger partial charge in [0.25, 0.3) is 0 Å². The van der Waals surface area contributed by atoms with Crippen molar-refractivity contribution >= 4 is 0 Å². The maximum absolute atomic E-state index is 8.58. The van der Waals surface area contributed by atoms with Gasteiger partial charge in [-0.25, -0.2) is 0 Å². The maximum atomic E-state index is 8.58. The van der Waals surface area contributed by atoms with Gasteiger partial charge < -0.3 is 9.47 Å². The van der Waals surface area contributed by atoms with E-state index < -0.39 is 21.1 Å². The molecule has 0 aliphatic heterocycles. The number of nitrogens with zero attached hydrogens (tertiary/aromatic N) is 12. The molecule has 0 aliphatic carbocycles. The summed E-state index contributed by atoms with van der Waals surface area (Å²) in [5.74, 6) is 0. The molecule has 0 aromatic heterocycles. The summed E-state index contributed by atoms with van der Waals surface area (Å²) in [6.45, 7) is 1.83. The Morgan fingerprint density at radius 1 is 0.400 bits per heavy atom. The summed E-state index contributed by atoms with van der Waals surface area (Å²) in [6.07, 6.45) is -0.0648. The molecule has 0 amide bonds. The van der Waals surface area contributed by atoms with Crippen molar-refractivity contribution < 1.29 is 89.0 Å². The van der Waals surface area contributed by atoms with Crippen LogP contribution in [0, 0.1) is 123 Å². The first-order valence-electron chi connectivity index (χ1n) is 6.55. The first-order valence-corrected chi connectivity index (χ1v) is 12.8. The van der Waals surface area contributed by atoms with E-state index in [0.29, 0.717) is 0 Å². The van der Waals surface area contributed by atoms with Gasteiger partial charge in [0.05, 0.1) is 0 Å². The molecule has 14 nitrogen and oxygen atoms in total. The van der Waals surface area contributed by atoms with Crippen LogP contribution in [0.1, 0.15) is 6.92 Å². The van der Waals surface area contributed by atoms with Crippen LogP contribution in [0.15, 0.2) is 0 Å². The Bertz CT molecular complexity index is 983. The van der Waals surface area contributed by atoms with E-state index >= 15 is 0 Å². The number of ether oxygens (including phenoxy) is 2. The van der Waals surface area contributed by atoms with Crippen molar-refractivity contribution in [3.8, 4) is 60.0 Å². The van der Waals surface area contributed by atoms with Crippen molar-refractivity contribution in [2.45, 2.75) is 13.2 Å². The van der Waals surface area contributed by atoms with Crippen LogP contribution in [0.2, 0.25) is 0 Å². The first-order chi connectivity index (χ1) is 14.8. The molecular formula is C16H10Co2N12O2Zn3. The van der Waals surface area contributed by atoms with Gasteiger partial charge in [-0.1, -0.05) is 0 Å². The molecule has 0 bridgehead atoms. The van der Waals surface area contributed by atoms with Crippen LogP contribution in [-0.2, 0) is 89.0 Å². The fourth-order valence-corrected chi connectivity index (χ4v) is 2.16. The van der Waals surface area contributed by atoms with Gasteiger partial charge in [0.1, 0.15) is 0 Å². The second-order valence-corrected chi connectivity index (χ2v) is 15.0. The molecule has 0 unspecified atom stereocenters. The third-order valence-corrected chi connectivity index (χ3v) is 9.88. The van der Waals surface area contributed by atoms with Crippen LogP contribution in [0.5, 0.6) is 0 Å². The number of nitriles is 12. The molecule has 0 aliphatic rings. The van der Waals surface area contributed by atoms with Crippen LogP contribution in [0.25, 0.3) is 0 Å². The van der Waals surface area contributed by atoms with E-state index in [1.165, 1.54) is 0 Å². The van der Waals surface area contributed by atoms with Gasteiger partial charge in [0.15, 0.2) is 6.29 Å². The van der Waals surface area contributed by atoms with Gasteiger partial charge >= 0.3 is 203 Å². The van der Waals surface area contributed by atoms with Crippen molar-refractivity contribution in [3.63, 3.8) is 0 Å². The topological polar surface area (TPSA) is 304 Å². The zero-order valence-electron chi connectivity index (χ0n) is 18.5. The number of methoxy groups -OCH3 is 2. The average Bonchev–Trinajstić information content (AvgIpc) is 2.91. The molecule has 0 radical (unpaired) electrons. The monoisotopic (exact) mass is 712 g/mol. The Hall–Kier alpha value is -3.32. The average molecular weight is 716 g/mol. The van der Waals surface area contributed by atoms with Crippen molar-refractivity contribution in [1.82, 2.24) is 0 Å². The molecule has 0 N–H and O–H groups in total. The van der Waals surface area contributed by atoms with Crippen molar-refractivity contribution in [1.29, 1.82) is 63.1 Å². The smallest absolute Gasteiger partial charge is 2.00 e. The van der Waals surface area contributed by atoms with Crippen LogP contribution in [0.4, 0.5) is 0 Å². The molecule has 0 aromatic rings.